The predicted molar refractivity (Wildman–Crippen MR) is 100 cm³/mol. The van der Waals surface area contributed by atoms with Crippen molar-refractivity contribution < 1.29 is 14.7 Å². The molecule has 1 aromatic carbocycles. The molecule has 2 heterocycles. The number of hydrogen-bond donors (Lipinski definition) is 2. The summed E-state index contributed by atoms with van der Waals surface area (Å²) in [6.07, 6.45) is 1.62. The number of aliphatic carboxylic acids is 1. The third kappa shape index (κ3) is 4.56. The Morgan fingerprint density at radius 2 is 1.92 bits per heavy atom. The highest BCUT2D eigenvalue weighted by Gasteiger charge is 2.26. The summed E-state index contributed by atoms with van der Waals surface area (Å²) in [5.41, 5.74) is 1.31. The Kier molecular flexibility index (Phi) is 5.80. The van der Waals surface area contributed by atoms with Gasteiger partial charge in [0.05, 0.1) is 17.1 Å². The molecule has 0 saturated carbocycles. The Morgan fingerprint density at radius 3 is 2.65 bits per heavy atom. The number of carbonyl (C=O) groups is 2. The average molecular weight is 356 g/mol. The number of fused-ring (bicyclic) bond motifs is 1. The Balaban J connectivity index is 1.63. The molecule has 7 nitrogen and oxygen atoms in total. The lowest BCUT2D eigenvalue weighted by atomic mass is 10.0. The van der Waals surface area contributed by atoms with E-state index in [9.17, 15) is 14.7 Å². The SMILES string of the molecule is CN1CCN(CC(CC(=O)Nc2cccc3cccnc23)C(=O)O)CC1. The fraction of sp³-hybridized carbons (Fsp3) is 0.421. The van der Waals surface area contributed by atoms with Crippen LogP contribution in [0.2, 0.25) is 0 Å². The third-order valence-electron chi connectivity index (χ3n) is 4.76. The molecule has 1 unspecified atom stereocenters. The maximum atomic E-state index is 12.4. The number of carboxylic acids is 1. The summed E-state index contributed by atoms with van der Waals surface area (Å²) < 4.78 is 0. The molecule has 1 aliphatic rings. The normalized spacial score (nSPS) is 17.1. The molecule has 0 bridgehead atoms. The van der Waals surface area contributed by atoms with Crippen molar-refractivity contribution in [3.63, 3.8) is 0 Å². The molecule has 1 aliphatic heterocycles. The molecule has 0 radical (unpaired) electrons. The zero-order valence-corrected chi connectivity index (χ0v) is 14.9. The minimum Gasteiger partial charge on any atom is -0.481 e. The molecule has 138 valence electrons. The van der Waals surface area contributed by atoms with Crippen molar-refractivity contribution in [2.45, 2.75) is 6.42 Å². The zero-order chi connectivity index (χ0) is 18.5. The average Bonchev–Trinajstić information content (AvgIpc) is 2.63. The van der Waals surface area contributed by atoms with Crippen molar-refractivity contribution in [1.82, 2.24) is 14.8 Å². The van der Waals surface area contributed by atoms with Crippen LogP contribution in [-0.4, -0.2) is 71.5 Å². The van der Waals surface area contributed by atoms with Crippen molar-refractivity contribution in [3.05, 3.63) is 36.5 Å². The summed E-state index contributed by atoms with van der Waals surface area (Å²) in [5.74, 6) is -1.96. The zero-order valence-electron chi connectivity index (χ0n) is 14.9. The highest BCUT2D eigenvalue weighted by Crippen LogP contribution is 2.21. The van der Waals surface area contributed by atoms with E-state index in [1.54, 1.807) is 12.3 Å². The van der Waals surface area contributed by atoms with Gasteiger partial charge in [0, 0.05) is 50.7 Å². The molecule has 1 fully saturated rings. The number of para-hydroxylation sites is 1. The molecule has 26 heavy (non-hydrogen) atoms. The summed E-state index contributed by atoms with van der Waals surface area (Å²) in [7, 11) is 2.05. The molecule has 1 amide bonds. The second-order valence-electron chi connectivity index (χ2n) is 6.77. The minimum absolute atomic E-state index is 0.0507. The van der Waals surface area contributed by atoms with Crippen LogP contribution >= 0.6 is 0 Å². The molecule has 1 aromatic heterocycles. The highest BCUT2D eigenvalue weighted by atomic mass is 16.4. The first-order valence-electron chi connectivity index (χ1n) is 8.80. The van der Waals surface area contributed by atoms with E-state index in [4.69, 9.17) is 0 Å². The molecule has 3 rings (SSSR count). The van der Waals surface area contributed by atoms with Gasteiger partial charge in [0.15, 0.2) is 0 Å². The molecule has 2 N–H and O–H groups in total. The molecular formula is C19H24N4O3. The van der Waals surface area contributed by atoms with Crippen molar-refractivity contribution in [2.75, 3.05) is 45.1 Å². The first kappa shape index (κ1) is 18.3. The number of piperazine rings is 1. The minimum atomic E-state index is -0.935. The van der Waals surface area contributed by atoms with Gasteiger partial charge in [0.1, 0.15) is 0 Å². The second-order valence-corrected chi connectivity index (χ2v) is 6.77. The Morgan fingerprint density at radius 1 is 1.19 bits per heavy atom. The lowest BCUT2D eigenvalue weighted by molar-refractivity contribution is -0.144. The topological polar surface area (TPSA) is 85.8 Å². The Bertz CT molecular complexity index is 782. The summed E-state index contributed by atoms with van der Waals surface area (Å²) in [6.45, 7) is 3.88. The molecule has 0 spiro atoms. The van der Waals surface area contributed by atoms with Gasteiger partial charge in [-0.25, -0.2) is 0 Å². The summed E-state index contributed by atoms with van der Waals surface area (Å²) >= 11 is 0. The van der Waals surface area contributed by atoms with Gasteiger partial charge in [-0.15, -0.1) is 0 Å². The van der Waals surface area contributed by atoms with E-state index in [0.717, 1.165) is 31.6 Å². The number of nitrogens with one attached hydrogen (secondary N) is 1. The van der Waals surface area contributed by atoms with Crippen LogP contribution < -0.4 is 5.32 Å². The van der Waals surface area contributed by atoms with Crippen molar-refractivity contribution in [3.8, 4) is 0 Å². The number of amides is 1. The lowest BCUT2D eigenvalue weighted by Gasteiger charge is -2.33. The van der Waals surface area contributed by atoms with Crippen LogP contribution in [0, 0.1) is 5.92 Å². The molecule has 1 saturated heterocycles. The van der Waals surface area contributed by atoms with Crippen LogP contribution in [0.25, 0.3) is 10.9 Å². The molecule has 2 aromatic rings. The predicted octanol–water partition coefficient (Wildman–Crippen LogP) is 1.51. The standard InChI is InChI=1S/C19H24N4O3/c1-22-8-10-23(11-9-22)13-15(19(25)26)12-17(24)21-16-6-2-4-14-5-3-7-20-18(14)16/h2-7,15H,8-13H2,1H3,(H,21,24)(H,25,26). The quantitative estimate of drug-likeness (QED) is 0.816. The van der Waals surface area contributed by atoms with Gasteiger partial charge in [0.2, 0.25) is 5.91 Å². The van der Waals surface area contributed by atoms with Crippen molar-refractivity contribution in [1.29, 1.82) is 0 Å². The fourth-order valence-electron chi connectivity index (χ4n) is 3.20. The highest BCUT2D eigenvalue weighted by molar-refractivity contribution is 6.01. The van der Waals surface area contributed by atoms with Crippen LogP contribution in [0.5, 0.6) is 0 Å². The van der Waals surface area contributed by atoms with Gasteiger partial charge in [-0.1, -0.05) is 18.2 Å². The second kappa shape index (κ2) is 8.25. The monoisotopic (exact) mass is 356 g/mol. The van der Waals surface area contributed by atoms with E-state index in [1.165, 1.54) is 0 Å². The van der Waals surface area contributed by atoms with Crippen LogP contribution in [0.3, 0.4) is 0 Å². The summed E-state index contributed by atoms with van der Waals surface area (Å²) in [4.78, 5) is 32.7. The van der Waals surface area contributed by atoms with Gasteiger partial charge in [0.25, 0.3) is 0 Å². The fourth-order valence-corrected chi connectivity index (χ4v) is 3.20. The van der Waals surface area contributed by atoms with E-state index < -0.39 is 11.9 Å². The number of pyridine rings is 1. The maximum Gasteiger partial charge on any atom is 0.308 e. The lowest BCUT2D eigenvalue weighted by Crippen LogP contribution is -2.47. The number of rotatable bonds is 6. The summed E-state index contributed by atoms with van der Waals surface area (Å²) in [6, 6.07) is 9.31. The molecule has 1 atom stereocenters. The van der Waals surface area contributed by atoms with E-state index >= 15 is 0 Å². The number of aromatic nitrogens is 1. The number of nitrogens with zero attached hydrogens (tertiary/aromatic N) is 3. The first-order valence-corrected chi connectivity index (χ1v) is 8.80. The van der Waals surface area contributed by atoms with Gasteiger partial charge in [-0.05, 0) is 19.2 Å². The van der Waals surface area contributed by atoms with Gasteiger partial charge >= 0.3 is 5.97 Å². The molecule has 0 aliphatic carbocycles. The van der Waals surface area contributed by atoms with E-state index in [0.29, 0.717) is 17.7 Å². The van der Waals surface area contributed by atoms with Crippen LogP contribution in [0.1, 0.15) is 6.42 Å². The van der Waals surface area contributed by atoms with E-state index in [2.05, 4.69) is 27.1 Å². The molecule has 7 heteroatoms. The largest absolute Gasteiger partial charge is 0.481 e. The first-order chi connectivity index (χ1) is 12.5. The van der Waals surface area contributed by atoms with Gasteiger partial charge in [-0.3, -0.25) is 19.5 Å². The van der Waals surface area contributed by atoms with E-state index in [1.807, 2.05) is 24.3 Å². The van der Waals surface area contributed by atoms with E-state index in [-0.39, 0.29) is 12.3 Å². The Labute approximate surface area is 152 Å². The summed E-state index contributed by atoms with van der Waals surface area (Å²) in [5, 5.41) is 13.3. The van der Waals surface area contributed by atoms with Crippen LogP contribution in [0.4, 0.5) is 5.69 Å². The molecular weight excluding hydrogens is 332 g/mol. The van der Waals surface area contributed by atoms with Crippen LogP contribution in [-0.2, 0) is 9.59 Å². The number of benzene rings is 1. The number of carbonyl (C=O) groups excluding carboxylic acids is 1. The van der Waals surface area contributed by atoms with Crippen molar-refractivity contribution in [2.24, 2.45) is 5.92 Å². The van der Waals surface area contributed by atoms with Crippen LogP contribution in [0.15, 0.2) is 36.5 Å². The third-order valence-corrected chi connectivity index (χ3v) is 4.76. The van der Waals surface area contributed by atoms with Crippen molar-refractivity contribution >= 4 is 28.5 Å². The number of carboxylic acid groups (broad SMARTS) is 1. The number of hydrogen-bond acceptors (Lipinski definition) is 5. The van der Waals surface area contributed by atoms with Gasteiger partial charge < -0.3 is 15.3 Å². The number of likely N-dealkylation sites (N-methyl/N-ethyl adjacent to an activating group) is 1. The Hall–Kier alpha value is -2.51. The maximum absolute atomic E-state index is 12.4. The smallest absolute Gasteiger partial charge is 0.308 e. The number of anilines is 1. The van der Waals surface area contributed by atoms with Gasteiger partial charge in [-0.2, -0.15) is 0 Å².